The predicted molar refractivity (Wildman–Crippen MR) is 123 cm³/mol. The van der Waals surface area contributed by atoms with E-state index in [9.17, 15) is 14.7 Å². The molecule has 2 heterocycles. The Morgan fingerprint density at radius 1 is 1.00 bits per heavy atom. The Morgan fingerprint density at radius 3 is 2.42 bits per heavy atom. The summed E-state index contributed by atoms with van der Waals surface area (Å²) in [5.74, 6) is -0.951. The van der Waals surface area contributed by atoms with Gasteiger partial charge in [-0.05, 0) is 67.1 Å². The number of ketones is 1. The lowest BCUT2D eigenvalue weighted by Gasteiger charge is -2.25. The fourth-order valence-corrected chi connectivity index (χ4v) is 4.84. The van der Waals surface area contributed by atoms with Crippen LogP contribution in [0, 0.1) is 20.8 Å². The first-order valence-electron chi connectivity index (χ1n) is 9.90. The van der Waals surface area contributed by atoms with E-state index in [2.05, 4.69) is 0 Å². The van der Waals surface area contributed by atoms with Gasteiger partial charge in [0.2, 0.25) is 0 Å². The van der Waals surface area contributed by atoms with Crippen molar-refractivity contribution in [2.24, 2.45) is 0 Å². The number of aliphatic hydroxyl groups excluding tert-OH is 1. The van der Waals surface area contributed by atoms with Crippen LogP contribution in [0.3, 0.4) is 0 Å². The lowest BCUT2D eigenvalue weighted by Crippen LogP contribution is -2.29. The Hall–Kier alpha value is -3.38. The number of nitrogens with zero attached hydrogens (tertiary/aromatic N) is 1. The molecule has 2 aromatic carbocycles. The summed E-state index contributed by atoms with van der Waals surface area (Å²) in [5.41, 5.74) is 4.19. The molecule has 31 heavy (non-hydrogen) atoms. The summed E-state index contributed by atoms with van der Waals surface area (Å²) < 4.78 is 5.31. The van der Waals surface area contributed by atoms with Gasteiger partial charge in [-0.3, -0.25) is 14.5 Å². The molecule has 4 rings (SSSR count). The van der Waals surface area contributed by atoms with E-state index in [0.717, 1.165) is 21.6 Å². The number of benzene rings is 2. The Balaban J connectivity index is 1.96. The fourth-order valence-electron chi connectivity index (χ4n) is 3.82. The van der Waals surface area contributed by atoms with Crippen molar-refractivity contribution in [1.29, 1.82) is 0 Å². The number of carbonyl (C=O) groups is 2. The van der Waals surface area contributed by atoms with Crippen molar-refractivity contribution >= 4 is 34.5 Å². The number of amides is 1. The number of Topliss-reactive ketones (excluding diaryl/α,β-unsaturated/α-hetero) is 1. The maximum absolute atomic E-state index is 13.2. The molecular weight excluding hydrogens is 410 g/mol. The SMILES string of the molecule is COc1cccc(N2C(=O)C(=O)/C(=C(\O)c3ccc(C)c(C)c3)C2c2sccc2C)c1. The number of thiophene rings is 1. The van der Waals surface area contributed by atoms with Crippen LogP contribution in [-0.4, -0.2) is 23.9 Å². The topological polar surface area (TPSA) is 66.8 Å². The standard InChI is InChI=1S/C25H23NO4S/c1-14-8-9-17(12-16(14)3)22(27)20-21(24-15(2)10-11-31-24)26(25(29)23(20)28)18-6-5-7-19(13-18)30-4/h5-13,21,27H,1-4H3/b22-20-. The summed E-state index contributed by atoms with van der Waals surface area (Å²) in [7, 11) is 1.55. The summed E-state index contributed by atoms with van der Waals surface area (Å²) in [5, 5.41) is 13.1. The third-order valence-electron chi connectivity index (χ3n) is 5.71. The molecule has 1 atom stereocenters. The van der Waals surface area contributed by atoms with Crippen molar-refractivity contribution in [1.82, 2.24) is 0 Å². The number of hydrogen-bond acceptors (Lipinski definition) is 5. The zero-order valence-corrected chi connectivity index (χ0v) is 18.6. The summed E-state index contributed by atoms with van der Waals surface area (Å²) in [4.78, 5) is 28.7. The van der Waals surface area contributed by atoms with E-state index in [-0.39, 0.29) is 11.3 Å². The Labute approximate surface area is 185 Å². The second kappa shape index (κ2) is 8.04. The Kier molecular flexibility index (Phi) is 5.41. The van der Waals surface area contributed by atoms with Gasteiger partial charge in [-0.25, -0.2) is 0 Å². The van der Waals surface area contributed by atoms with E-state index < -0.39 is 17.7 Å². The summed E-state index contributed by atoms with van der Waals surface area (Å²) in [6, 6.07) is 13.8. The van der Waals surface area contributed by atoms with Gasteiger partial charge in [0, 0.05) is 22.2 Å². The minimum atomic E-state index is -0.714. The van der Waals surface area contributed by atoms with Gasteiger partial charge < -0.3 is 9.84 Å². The first-order valence-corrected chi connectivity index (χ1v) is 10.8. The van der Waals surface area contributed by atoms with Gasteiger partial charge in [0.15, 0.2) is 0 Å². The number of hydrogen-bond donors (Lipinski definition) is 1. The lowest BCUT2D eigenvalue weighted by atomic mass is 9.96. The highest BCUT2D eigenvalue weighted by Gasteiger charge is 2.48. The monoisotopic (exact) mass is 433 g/mol. The van der Waals surface area contributed by atoms with Gasteiger partial charge in [0.05, 0.1) is 12.7 Å². The summed E-state index contributed by atoms with van der Waals surface area (Å²) in [6.07, 6.45) is 0. The van der Waals surface area contributed by atoms with Crippen molar-refractivity contribution in [3.63, 3.8) is 0 Å². The molecule has 0 saturated carbocycles. The van der Waals surface area contributed by atoms with E-state index >= 15 is 0 Å². The molecule has 0 aliphatic carbocycles. The number of anilines is 1. The van der Waals surface area contributed by atoms with Crippen LogP contribution in [0.5, 0.6) is 5.75 Å². The number of ether oxygens (including phenoxy) is 1. The van der Waals surface area contributed by atoms with Crippen LogP contribution in [0.15, 0.2) is 59.5 Å². The summed E-state index contributed by atoms with van der Waals surface area (Å²) in [6.45, 7) is 5.87. The fraction of sp³-hybridized carbons (Fsp3) is 0.200. The van der Waals surface area contributed by atoms with Crippen LogP contribution in [0.4, 0.5) is 5.69 Å². The molecule has 0 spiro atoms. The number of aryl methyl sites for hydroxylation is 3. The second-order valence-electron chi connectivity index (χ2n) is 7.64. The molecule has 1 N–H and O–H groups in total. The van der Waals surface area contributed by atoms with E-state index in [1.165, 1.54) is 16.2 Å². The van der Waals surface area contributed by atoms with E-state index in [1.807, 2.05) is 44.4 Å². The number of aliphatic hydroxyl groups is 1. The maximum Gasteiger partial charge on any atom is 0.300 e. The van der Waals surface area contributed by atoms with Crippen LogP contribution in [0.25, 0.3) is 5.76 Å². The van der Waals surface area contributed by atoms with Crippen LogP contribution >= 0.6 is 11.3 Å². The van der Waals surface area contributed by atoms with Crippen molar-refractivity contribution < 1.29 is 19.4 Å². The Morgan fingerprint density at radius 2 is 1.77 bits per heavy atom. The van der Waals surface area contributed by atoms with Crippen molar-refractivity contribution in [3.05, 3.63) is 86.6 Å². The van der Waals surface area contributed by atoms with Crippen LogP contribution in [0.1, 0.15) is 33.2 Å². The maximum atomic E-state index is 13.2. The molecule has 1 fully saturated rings. The molecular formula is C25H23NO4S. The Bertz CT molecular complexity index is 1220. The highest BCUT2D eigenvalue weighted by molar-refractivity contribution is 7.10. The lowest BCUT2D eigenvalue weighted by molar-refractivity contribution is -0.132. The minimum Gasteiger partial charge on any atom is -0.507 e. The van der Waals surface area contributed by atoms with E-state index in [4.69, 9.17) is 4.74 Å². The minimum absolute atomic E-state index is 0.0987. The second-order valence-corrected chi connectivity index (χ2v) is 8.59. The average molecular weight is 434 g/mol. The van der Waals surface area contributed by atoms with Gasteiger partial charge in [-0.1, -0.05) is 18.2 Å². The average Bonchev–Trinajstić information content (AvgIpc) is 3.30. The third kappa shape index (κ3) is 3.53. The van der Waals surface area contributed by atoms with Crippen molar-refractivity contribution in [2.45, 2.75) is 26.8 Å². The van der Waals surface area contributed by atoms with Crippen LogP contribution in [0.2, 0.25) is 0 Å². The molecule has 158 valence electrons. The molecule has 1 unspecified atom stereocenters. The quantitative estimate of drug-likeness (QED) is 0.344. The molecule has 6 heteroatoms. The molecule has 1 aliphatic rings. The van der Waals surface area contributed by atoms with Gasteiger partial charge in [0.1, 0.15) is 17.6 Å². The normalized spacial score (nSPS) is 17.9. The van der Waals surface area contributed by atoms with Gasteiger partial charge in [-0.2, -0.15) is 0 Å². The largest absolute Gasteiger partial charge is 0.507 e. The molecule has 5 nitrogen and oxygen atoms in total. The van der Waals surface area contributed by atoms with Gasteiger partial charge in [-0.15, -0.1) is 11.3 Å². The molecule has 3 aromatic rings. The van der Waals surface area contributed by atoms with Crippen molar-refractivity contribution in [2.75, 3.05) is 12.0 Å². The molecule has 0 radical (unpaired) electrons. The molecule has 1 amide bonds. The smallest absolute Gasteiger partial charge is 0.300 e. The molecule has 1 aromatic heterocycles. The number of methoxy groups -OCH3 is 1. The third-order valence-corrected chi connectivity index (χ3v) is 6.78. The zero-order chi connectivity index (χ0) is 22.3. The number of rotatable bonds is 4. The van der Waals surface area contributed by atoms with Crippen molar-refractivity contribution in [3.8, 4) is 5.75 Å². The highest BCUT2D eigenvalue weighted by atomic mass is 32.1. The zero-order valence-electron chi connectivity index (χ0n) is 17.8. The van der Waals surface area contributed by atoms with E-state index in [1.54, 1.807) is 37.4 Å². The first-order chi connectivity index (χ1) is 14.8. The van der Waals surface area contributed by atoms with Gasteiger partial charge >= 0.3 is 0 Å². The van der Waals surface area contributed by atoms with Crippen LogP contribution < -0.4 is 9.64 Å². The molecule has 1 aliphatic heterocycles. The van der Waals surface area contributed by atoms with Crippen LogP contribution in [-0.2, 0) is 9.59 Å². The summed E-state index contributed by atoms with van der Waals surface area (Å²) >= 11 is 1.46. The molecule has 0 bridgehead atoms. The number of carbonyl (C=O) groups excluding carboxylic acids is 2. The van der Waals surface area contributed by atoms with E-state index in [0.29, 0.717) is 17.0 Å². The predicted octanol–water partition coefficient (Wildman–Crippen LogP) is 5.31. The highest BCUT2D eigenvalue weighted by Crippen LogP contribution is 2.45. The first kappa shape index (κ1) is 20.9. The van der Waals surface area contributed by atoms with Gasteiger partial charge in [0.25, 0.3) is 11.7 Å². The molecule has 1 saturated heterocycles.